The lowest BCUT2D eigenvalue weighted by atomic mass is 10.1. The minimum Gasteiger partial charge on any atom is -0.497 e. The molecule has 0 radical (unpaired) electrons. The fraction of sp³-hybridized carbons (Fsp3) is 0.320. The molecule has 8 heteroatoms. The highest BCUT2D eigenvalue weighted by atomic mass is 32.2. The van der Waals surface area contributed by atoms with Crippen molar-refractivity contribution in [3.63, 3.8) is 0 Å². The van der Waals surface area contributed by atoms with E-state index in [1.807, 2.05) is 63.2 Å². The molecule has 33 heavy (non-hydrogen) atoms. The lowest BCUT2D eigenvalue weighted by molar-refractivity contribution is -0.119. The van der Waals surface area contributed by atoms with Crippen molar-refractivity contribution in [3.05, 3.63) is 64.9 Å². The van der Waals surface area contributed by atoms with Crippen LogP contribution in [0.2, 0.25) is 0 Å². The van der Waals surface area contributed by atoms with Crippen LogP contribution in [-0.4, -0.2) is 49.6 Å². The molecule has 7 nitrogen and oxygen atoms in total. The average Bonchev–Trinajstić information content (AvgIpc) is 3.07. The van der Waals surface area contributed by atoms with Crippen molar-refractivity contribution >= 4 is 40.5 Å². The number of thioether (sulfide) groups is 1. The van der Waals surface area contributed by atoms with Gasteiger partial charge in [0.1, 0.15) is 11.4 Å². The Morgan fingerprint density at radius 2 is 1.82 bits per heavy atom. The summed E-state index contributed by atoms with van der Waals surface area (Å²) >= 11 is 1.23. The van der Waals surface area contributed by atoms with E-state index in [-0.39, 0.29) is 23.6 Å². The third kappa shape index (κ3) is 6.46. The third-order valence-electron chi connectivity index (χ3n) is 4.87. The lowest BCUT2D eigenvalue weighted by Crippen LogP contribution is -2.37. The number of anilines is 1. The highest BCUT2D eigenvalue weighted by Crippen LogP contribution is 2.31. The molecule has 3 rings (SSSR count). The monoisotopic (exact) mass is 467 g/mol. The zero-order valence-corrected chi connectivity index (χ0v) is 20.4. The van der Waals surface area contributed by atoms with Crippen LogP contribution in [0.1, 0.15) is 23.6 Å². The van der Waals surface area contributed by atoms with Crippen LogP contribution in [0.25, 0.3) is 6.08 Å². The first-order valence-electron chi connectivity index (χ1n) is 10.6. The Morgan fingerprint density at radius 1 is 1.15 bits per heavy atom. The maximum atomic E-state index is 13.4. The quantitative estimate of drug-likeness (QED) is 0.595. The van der Waals surface area contributed by atoms with E-state index >= 15 is 0 Å². The van der Waals surface area contributed by atoms with Gasteiger partial charge in [-0.25, -0.2) is 4.99 Å². The predicted octanol–water partition coefficient (Wildman–Crippen LogP) is 3.94. The van der Waals surface area contributed by atoms with E-state index in [1.165, 1.54) is 11.8 Å². The SMILES string of the molecule is COCC(C)NC(=O)CSC1=N/C(=C\c2ccc(OC)cc2)C(=O)N1c1cc(C)cc(C)c1. The number of nitrogens with zero attached hydrogens (tertiary/aromatic N) is 2. The summed E-state index contributed by atoms with van der Waals surface area (Å²) in [5.41, 5.74) is 3.97. The molecule has 2 aromatic carbocycles. The molecule has 1 unspecified atom stereocenters. The van der Waals surface area contributed by atoms with Crippen molar-refractivity contribution in [3.8, 4) is 5.75 Å². The van der Waals surface area contributed by atoms with Gasteiger partial charge in [0, 0.05) is 13.2 Å². The van der Waals surface area contributed by atoms with Crippen LogP contribution in [0.5, 0.6) is 5.75 Å². The van der Waals surface area contributed by atoms with Crippen molar-refractivity contribution in [1.29, 1.82) is 0 Å². The fourth-order valence-corrected chi connectivity index (χ4v) is 4.32. The van der Waals surface area contributed by atoms with Gasteiger partial charge in [0.2, 0.25) is 5.91 Å². The largest absolute Gasteiger partial charge is 0.497 e. The summed E-state index contributed by atoms with van der Waals surface area (Å²) in [5, 5.41) is 3.35. The van der Waals surface area contributed by atoms with Gasteiger partial charge in [0.25, 0.3) is 5.91 Å². The van der Waals surface area contributed by atoms with Gasteiger partial charge in [-0.2, -0.15) is 0 Å². The molecule has 2 aromatic rings. The van der Waals surface area contributed by atoms with Gasteiger partial charge in [-0.15, -0.1) is 0 Å². The minimum atomic E-state index is -0.230. The Bertz CT molecular complexity index is 1060. The Morgan fingerprint density at radius 3 is 2.42 bits per heavy atom. The van der Waals surface area contributed by atoms with E-state index in [0.717, 1.165) is 28.1 Å². The zero-order valence-electron chi connectivity index (χ0n) is 19.5. The molecule has 2 amide bonds. The molecule has 0 bridgehead atoms. The van der Waals surface area contributed by atoms with Crippen molar-refractivity contribution < 1.29 is 19.1 Å². The first-order chi connectivity index (χ1) is 15.8. The molecule has 0 saturated heterocycles. The van der Waals surface area contributed by atoms with Crippen LogP contribution in [0, 0.1) is 13.8 Å². The fourth-order valence-electron chi connectivity index (χ4n) is 3.50. The van der Waals surface area contributed by atoms with E-state index in [2.05, 4.69) is 10.3 Å². The van der Waals surface area contributed by atoms with E-state index in [4.69, 9.17) is 9.47 Å². The lowest BCUT2D eigenvalue weighted by Gasteiger charge is -2.19. The van der Waals surface area contributed by atoms with Gasteiger partial charge in [-0.05, 0) is 67.8 Å². The third-order valence-corrected chi connectivity index (χ3v) is 5.81. The van der Waals surface area contributed by atoms with Gasteiger partial charge in [-0.1, -0.05) is 30.0 Å². The van der Waals surface area contributed by atoms with Crippen LogP contribution < -0.4 is 15.0 Å². The number of amidine groups is 1. The molecule has 0 aromatic heterocycles. The van der Waals surface area contributed by atoms with Crippen LogP contribution in [0.15, 0.2) is 53.2 Å². The molecule has 1 heterocycles. The van der Waals surface area contributed by atoms with Gasteiger partial charge in [0.05, 0.1) is 25.2 Å². The molecular formula is C25H29N3O4S. The van der Waals surface area contributed by atoms with Crippen molar-refractivity contribution in [2.75, 3.05) is 31.5 Å². The van der Waals surface area contributed by atoms with Crippen LogP contribution >= 0.6 is 11.8 Å². The smallest absolute Gasteiger partial charge is 0.283 e. The summed E-state index contributed by atoms with van der Waals surface area (Å²) in [6.07, 6.45) is 1.74. The highest BCUT2D eigenvalue weighted by Gasteiger charge is 2.32. The van der Waals surface area contributed by atoms with Gasteiger partial charge < -0.3 is 14.8 Å². The van der Waals surface area contributed by atoms with Crippen molar-refractivity contribution in [2.24, 2.45) is 4.99 Å². The molecule has 174 valence electrons. The summed E-state index contributed by atoms with van der Waals surface area (Å²) in [7, 11) is 3.20. The highest BCUT2D eigenvalue weighted by molar-refractivity contribution is 8.14. The van der Waals surface area contributed by atoms with E-state index in [9.17, 15) is 9.59 Å². The summed E-state index contributed by atoms with van der Waals surface area (Å²) in [6, 6.07) is 13.2. The number of amides is 2. The molecule has 1 N–H and O–H groups in total. The van der Waals surface area contributed by atoms with Crippen molar-refractivity contribution in [2.45, 2.75) is 26.8 Å². The van der Waals surface area contributed by atoms with Crippen LogP contribution in [0.4, 0.5) is 5.69 Å². The van der Waals surface area contributed by atoms with Crippen LogP contribution in [0.3, 0.4) is 0 Å². The minimum absolute atomic E-state index is 0.101. The first kappa shape index (κ1) is 24.5. The summed E-state index contributed by atoms with van der Waals surface area (Å²) in [5.74, 6) is 0.497. The maximum Gasteiger partial charge on any atom is 0.283 e. The standard InChI is InChI=1S/C25H29N3O4S/c1-16-10-17(2)12-20(11-16)28-24(30)22(13-19-6-8-21(32-5)9-7-19)27-25(28)33-15-23(29)26-18(3)14-31-4/h6-13,18H,14-15H2,1-5H3,(H,26,29)/b22-13-. The zero-order chi connectivity index (χ0) is 24.0. The average molecular weight is 468 g/mol. The number of nitrogens with one attached hydrogen (secondary N) is 1. The number of methoxy groups -OCH3 is 2. The van der Waals surface area contributed by atoms with E-state index in [1.54, 1.807) is 25.2 Å². The van der Waals surface area contributed by atoms with Crippen molar-refractivity contribution in [1.82, 2.24) is 5.32 Å². The van der Waals surface area contributed by atoms with E-state index < -0.39 is 0 Å². The number of ether oxygens (including phenoxy) is 2. The molecule has 1 aliphatic rings. The second-order valence-corrected chi connectivity index (χ2v) is 8.84. The summed E-state index contributed by atoms with van der Waals surface area (Å²) < 4.78 is 10.3. The molecule has 0 saturated carbocycles. The predicted molar refractivity (Wildman–Crippen MR) is 134 cm³/mol. The summed E-state index contributed by atoms with van der Waals surface area (Å²) in [6.45, 7) is 6.28. The Kier molecular flexibility index (Phi) is 8.30. The number of hydrogen-bond acceptors (Lipinski definition) is 6. The Balaban J connectivity index is 1.88. The number of aryl methyl sites for hydroxylation is 2. The number of aliphatic imine (C=N–C) groups is 1. The summed E-state index contributed by atoms with van der Waals surface area (Å²) in [4.78, 5) is 31.9. The topological polar surface area (TPSA) is 80.2 Å². The van der Waals surface area contributed by atoms with Gasteiger partial charge in [0.15, 0.2) is 5.17 Å². The maximum absolute atomic E-state index is 13.4. The van der Waals surface area contributed by atoms with Gasteiger partial charge >= 0.3 is 0 Å². The number of rotatable bonds is 8. The number of carbonyl (C=O) groups is 2. The number of hydrogen-bond donors (Lipinski definition) is 1. The number of carbonyl (C=O) groups excluding carboxylic acids is 2. The molecule has 1 atom stereocenters. The van der Waals surface area contributed by atoms with Gasteiger partial charge in [-0.3, -0.25) is 14.5 Å². The second-order valence-electron chi connectivity index (χ2n) is 7.90. The Hall–Kier alpha value is -3.10. The van der Waals surface area contributed by atoms with E-state index in [0.29, 0.717) is 17.5 Å². The molecular weight excluding hydrogens is 438 g/mol. The normalized spacial score (nSPS) is 15.5. The molecule has 0 fully saturated rings. The Labute approximate surface area is 198 Å². The molecule has 1 aliphatic heterocycles. The second kappa shape index (κ2) is 11.2. The number of benzene rings is 2. The first-order valence-corrected chi connectivity index (χ1v) is 11.6. The van der Waals surface area contributed by atoms with Crippen LogP contribution in [-0.2, 0) is 14.3 Å². The molecule has 0 aliphatic carbocycles. The molecule has 0 spiro atoms.